The standard InChI is InChI=1S/C19H22N2O3/c1-14(12-21(2)13-15-7-4-3-5-8-15)20-18(22)16-9-6-10-17(11-16)19(23)24/h3-11,14H,12-13H2,1-2H3,(H,20,22)(H,23,24). The highest BCUT2D eigenvalue weighted by Crippen LogP contribution is 2.07. The molecule has 1 atom stereocenters. The summed E-state index contributed by atoms with van der Waals surface area (Å²) in [7, 11) is 2.00. The molecule has 0 saturated heterocycles. The Kier molecular flexibility index (Phi) is 6.09. The van der Waals surface area contributed by atoms with E-state index in [0.717, 1.165) is 6.54 Å². The van der Waals surface area contributed by atoms with Crippen LogP contribution in [-0.2, 0) is 6.54 Å². The zero-order chi connectivity index (χ0) is 17.5. The van der Waals surface area contributed by atoms with Gasteiger partial charge in [-0.1, -0.05) is 36.4 Å². The second-order valence-corrected chi connectivity index (χ2v) is 5.94. The van der Waals surface area contributed by atoms with E-state index in [1.165, 1.54) is 17.7 Å². The Balaban J connectivity index is 1.89. The molecule has 0 aromatic heterocycles. The van der Waals surface area contributed by atoms with Crippen molar-refractivity contribution in [3.05, 3.63) is 71.3 Å². The van der Waals surface area contributed by atoms with Gasteiger partial charge < -0.3 is 15.3 Å². The van der Waals surface area contributed by atoms with E-state index in [-0.39, 0.29) is 17.5 Å². The molecule has 0 aliphatic carbocycles. The summed E-state index contributed by atoms with van der Waals surface area (Å²) in [6.07, 6.45) is 0. The van der Waals surface area contributed by atoms with Gasteiger partial charge in [-0.3, -0.25) is 4.79 Å². The van der Waals surface area contributed by atoms with Crippen LogP contribution in [0.1, 0.15) is 33.2 Å². The van der Waals surface area contributed by atoms with Gasteiger partial charge in [0.15, 0.2) is 0 Å². The Bertz CT molecular complexity index is 701. The monoisotopic (exact) mass is 326 g/mol. The molecule has 0 fully saturated rings. The van der Waals surface area contributed by atoms with Gasteiger partial charge in [-0.05, 0) is 37.7 Å². The smallest absolute Gasteiger partial charge is 0.335 e. The molecule has 0 spiro atoms. The number of hydrogen-bond donors (Lipinski definition) is 2. The van der Waals surface area contributed by atoms with Crippen molar-refractivity contribution in [1.29, 1.82) is 0 Å². The summed E-state index contributed by atoms with van der Waals surface area (Å²) in [6.45, 7) is 3.43. The summed E-state index contributed by atoms with van der Waals surface area (Å²) in [5, 5.41) is 11.9. The topological polar surface area (TPSA) is 69.6 Å². The summed E-state index contributed by atoms with van der Waals surface area (Å²) in [6, 6.07) is 16.1. The first-order valence-electron chi connectivity index (χ1n) is 7.82. The third-order valence-corrected chi connectivity index (χ3v) is 3.63. The predicted molar refractivity (Wildman–Crippen MR) is 93.1 cm³/mol. The Morgan fingerprint density at radius 1 is 1.08 bits per heavy atom. The molecule has 0 aliphatic heterocycles. The van der Waals surface area contributed by atoms with Gasteiger partial charge in [0, 0.05) is 24.7 Å². The van der Waals surface area contributed by atoms with Gasteiger partial charge in [0.05, 0.1) is 5.56 Å². The number of nitrogens with zero attached hydrogens (tertiary/aromatic N) is 1. The lowest BCUT2D eigenvalue weighted by molar-refractivity contribution is 0.0697. The van der Waals surface area contributed by atoms with Gasteiger partial charge in [-0.2, -0.15) is 0 Å². The molecule has 2 N–H and O–H groups in total. The maximum Gasteiger partial charge on any atom is 0.335 e. The van der Waals surface area contributed by atoms with E-state index in [9.17, 15) is 9.59 Å². The molecule has 2 aromatic carbocycles. The number of carboxylic acid groups (broad SMARTS) is 1. The Labute approximate surface area is 141 Å². The summed E-state index contributed by atoms with van der Waals surface area (Å²) in [5.74, 6) is -1.31. The van der Waals surface area contributed by atoms with Crippen LogP contribution in [0.5, 0.6) is 0 Å². The first-order chi connectivity index (χ1) is 11.5. The zero-order valence-electron chi connectivity index (χ0n) is 13.9. The summed E-state index contributed by atoms with van der Waals surface area (Å²) < 4.78 is 0. The normalized spacial score (nSPS) is 12.0. The number of hydrogen-bond acceptors (Lipinski definition) is 3. The number of nitrogens with one attached hydrogen (secondary N) is 1. The quantitative estimate of drug-likeness (QED) is 0.821. The van der Waals surface area contributed by atoms with Crippen molar-refractivity contribution in [2.75, 3.05) is 13.6 Å². The summed E-state index contributed by atoms with van der Waals surface area (Å²) in [5.41, 5.74) is 1.68. The van der Waals surface area contributed by atoms with Gasteiger partial charge >= 0.3 is 5.97 Å². The van der Waals surface area contributed by atoms with Gasteiger partial charge in [0.1, 0.15) is 0 Å². The van der Waals surface area contributed by atoms with Crippen LogP contribution in [0.25, 0.3) is 0 Å². The van der Waals surface area contributed by atoms with Crippen molar-refractivity contribution in [2.24, 2.45) is 0 Å². The maximum atomic E-state index is 12.2. The van der Waals surface area contributed by atoms with E-state index in [4.69, 9.17) is 5.11 Å². The van der Waals surface area contributed by atoms with Crippen LogP contribution < -0.4 is 5.32 Å². The highest BCUT2D eigenvalue weighted by Gasteiger charge is 2.13. The molecule has 5 heteroatoms. The van der Waals surface area contributed by atoms with Crippen LogP contribution in [-0.4, -0.2) is 41.5 Å². The van der Waals surface area contributed by atoms with Crippen LogP contribution in [0.2, 0.25) is 0 Å². The number of benzene rings is 2. The molecule has 0 heterocycles. The molecule has 5 nitrogen and oxygen atoms in total. The lowest BCUT2D eigenvalue weighted by Crippen LogP contribution is -2.40. The molecule has 0 aliphatic rings. The Morgan fingerprint density at radius 3 is 2.42 bits per heavy atom. The molecule has 0 saturated carbocycles. The van der Waals surface area contributed by atoms with Crippen LogP contribution >= 0.6 is 0 Å². The number of amides is 1. The van der Waals surface area contributed by atoms with E-state index in [1.54, 1.807) is 12.1 Å². The molecule has 1 unspecified atom stereocenters. The summed E-state index contributed by atoms with van der Waals surface area (Å²) in [4.78, 5) is 25.4. The number of carbonyl (C=O) groups is 2. The highest BCUT2D eigenvalue weighted by molar-refractivity contribution is 5.97. The fraction of sp³-hybridized carbons (Fsp3) is 0.263. The Hall–Kier alpha value is -2.66. The van der Waals surface area contributed by atoms with Crippen molar-refractivity contribution >= 4 is 11.9 Å². The fourth-order valence-corrected chi connectivity index (χ4v) is 2.57. The van der Waals surface area contributed by atoms with E-state index in [0.29, 0.717) is 12.1 Å². The third kappa shape index (κ3) is 5.21. The number of carboxylic acids is 1. The van der Waals surface area contributed by atoms with E-state index in [1.807, 2.05) is 32.2 Å². The van der Waals surface area contributed by atoms with E-state index in [2.05, 4.69) is 22.3 Å². The minimum absolute atomic E-state index is 0.0558. The van der Waals surface area contributed by atoms with Crippen LogP contribution in [0.3, 0.4) is 0 Å². The number of likely N-dealkylation sites (N-methyl/N-ethyl adjacent to an activating group) is 1. The van der Waals surface area contributed by atoms with Gasteiger partial charge in [0.2, 0.25) is 0 Å². The highest BCUT2D eigenvalue weighted by atomic mass is 16.4. The van der Waals surface area contributed by atoms with E-state index >= 15 is 0 Å². The fourth-order valence-electron chi connectivity index (χ4n) is 2.57. The van der Waals surface area contributed by atoms with Crippen molar-refractivity contribution in [1.82, 2.24) is 10.2 Å². The molecular formula is C19H22N2O3. The lowest BCUT2D eigenvalue weighted by Gasteiger charge is -2.22. The molecule has 0 bridgehead atoms. The largest absolute Gasteiger partial charge is 0.478 e. The maximum absolute atomic E-state index is 12.2. The van der Waals surface area contributed by atoms with Crippen LogP contribution in [0.15, 0.2) is 54.6 Å². The van der Waals surface area contributed by atoms with Gasteiger partial charge in [-0.15, -0.1) is 0 Å². The zero-order valence-corrected chi connectivity index (χ0v) is 13.9. The van der Waals surface area contributed by atoms with Gasteiger partial charge in [-0.25, -0.2) is 4.79 Å². The average molecular weight is 326 g/mol. The first kappa shape index (κ1) is 17.7. The van der Waals surface area contributed by atoms with Crippen LogP contribution in [0.4, 0.5) is 0 Å². The third-order valence-electron chi connectivity index (χ3n) is 3.63. The predicted octanol–water partition coefficient (Wildman–Crippen LogP) is 2.64. The average Bonchev–Trinajstić information content (AvgIpc) is 2.55. The Morgan fingerprint density at radius 2 is 1.75 bits per heavy atom. The minimum Gasteiger partial charge on any atom is -0.478 e. The molecule has 2 aromatic rings. The van der Waals surface area contributed by atoms with Crippen molar-refractivity contribution in [3.63, 3.8) is 0 Å². The minimum atomic E-state index is -1.04. The van der Waals surface area contributed by atoms with E-state index < -0.39 is 5.97 Å². The summed E-state index contributed by atoms with van der Waals surface area (Å²) >= 11 is 0. The number of aromatic carboxylic acids is 1. The molecule has 126 valence electrons. The molecule has 1 amide bonds. The van der Waals surface area contributed by atoms with Gasteiger partial charge in [0.25, 0.3) is 5.91 Å². The lowest BCUT2D eigenvalue weighted by atomic mass is 10.1. The van der Waals surface area contributed by atoms with Crippen LogP contribution in [0, 0.1) is 0 Å². The van der Waals surface area contributed by atoms with Crippen molar-refractivity contribution in [3.8, 4) is 0 Å². The SMILES string of the molecule is CC(CN(C)Cc1ccccc1)NC(=O)c1cccc(C(=O)O)c1. The molecule has 2 rings (SSSR count). The number of rotatable bonds is 7. The van der Waals surface area contributed by atoms with Crippen molar-refractivity contribution < 1.29 is 14.7 Å². The first-order valence-corrected chi connectivity index (χ1v) is 7.82. The van der Waals surface area contributed by atoms with Crippen molar-refractivity contribution in [2.45, 2.75) is 19.5 Å². The molecular weight excluding hydrogens is 304 g/mol. The molecule has 24 heavy (non-hydrogen) atoms. The molecule has 0 radical (unpaired) electrons. The number of carbonyl (C=O) groups excluding carboxylic acids is 1. The second-order valence-electron chi connectivity index (χ2n) is 5.94. The second kappa shape index (κ2) is 8.26.